The molecule has 0 unspecified atom stereocenters. The first-order valence-electron chi connectivity index (χ1n) is 7.87. The first kappa shape index (κ1) is 20.0. The smallest absolute Gasteiger partial charge is 0.416 e. The number of methoxy groups -OCH3 is 1. The summed E-state index contributed by atoms with van der Waals surface area (Å²) in [5.41, 5.74) is -1.53. The molecule has 2 atom stereocenters. The van der Waals surface area contributed by atoms with Gasteiger partial charge in [-0.15, -0.1) is 0 Å². The van der Waals surface area contributed by atoms with Gasteiger partial charge in [-0.2, -0.15) is 13.2 Å². The van der Waals surface area contributed by atoms with Crippen LogP contribution in [-0.2, 0) is 20.4 Å². The molecule has 0 aromatic heterocycles. The van der Waals surface area contributed by atoms with Crippen molar-refractivity contribution >= 4 is 12.1 Å². The van der Waals surface area contributed by atoms with Crippen molar-refractivity contribution < 1.29 is 37.3 Å². The Balaban J connectivity index is 2.41. The van der Waals surface area contributed by atoms with E-state index in [0.29, 0.717) is 5.56 Å². The number of nitrogens with zero attached hydrogens (tertiary/aromatic N) is 1. The maximum atomic E-state index is 12.8. The van der Waals surface area contributed by atoms with Gasteiger partial charge in [0.15, 0.2) is 0 Å². The molecule has 2 rings (SSSR count). The lowest BCUT2D eigenvalue weighted by Gasteiger charge is -2.34. The van der Waals surface area contributed by atoms with Crippen LogP contribution in [0.25, 0.3) is 0 Å². The van der Waals surface area contributed by atoms with Gasteiger partial charge >= 0.3 is 18.2 Å². The van der Waals surface area contributed by atoms with Crippen LogP contribution in [0.4, 0.5) is 18.0 Å². The molecule has 144 valence electrons. The molecule has 6 nitrogen and oxygen atoms in total. The highest BCUT2D eigenvalue weighted by atomic mass is 19.4. The van der Waals surface area contributed by atoms with Crippen LogP contribution in [-0.4, -0.2) is 47.6 Å². The van der Waals surface area contributed by atoms with E-state index >= 15 is 0 Å². The van der Waals surface area contributed by atoms with E-state index in [2.05, 4.69) is 4.74 Å². The first-order chi connectivity index (χ1) is 12.0. The van der Waals surface area contributed by atoms with Crippen molar-refractivity contribution in [3.05, 3.63) is 35.4 Å². The van der Waals surface area contributed by atoms with Crippen molar-refractivity contribution in [1.29, 1.82) is 0 Å². The number of hydrogen-bond donors (Lipinski definition) is 1. The van der Waals surface area contributed by atoms with E-state index in [0.717, 1.165) is 17.0 Å². The maximum Gasteiger partial charge on any atom is 0.416 e. The van der Waals surface area contributed by atoms with Gasteiger partial charge in [-0.1, -0.05) is 12.1 Å². The number of rotatable bonds is 4. The molecule has 0 saturated carbocycles. The SMILES string of the molecule is COC(=O)C[C@@H](c1ccc(C(F)(F)F)cc1)[C@H]1COC(C)(C)N1C(=O)O. The molecule has 1 N–H and O–H groups in total. The number of carboxylic acid groups (broad SMARTS) is 1. The molecule has 1 fully saturated rings. The van der Waals surface area contributed by atoms with E-state index < -0.39 is 41.5 Å². The predicted molar refractivity (Wildman–Crippen MR) is 84.5 cm³/mol. The van der Waals surface area contributed by atoms with Gasteiger partial charge < -0.3 is 14.6 Å². The van der Waals surface area contributed by atoms with Crippen LogP contribution >= 0.6 is 0 Å². The van der Waals surface area contributed by atoms with E-state index in [4.69, 9.17) is 4.74 Å². The molecular formula is C17H20F3NO5. The molecule has 1 saturated heterocycles. The normalized spacial score (nSPS) is 20.7. The fraction of sp³-hybridized carbons (Fsp3) is 0.529. The number of carbonyl (C=O) groups is 2. The number of alkyl halides is 3. The van der Waals surface area contributed by atoms with Crippen LogP contribution in [0, 0.1) is 0 Å². The van der Waals surface area contributed by atoms with Crippen LogP contribution in [0.15, 0.2) is 24.3 Å². The fourth-order valence-electron chi connectivity index (χ4n) is 3.16. The number of benzene rings is 1. The third-order valence-corrected chi connectivity index (χ3v) is 4.47. The van der Waals surface area contributed by atoms with Gasteiger partial charge in [-0.05, 0) is 31.5 Å². The summed E-state index contributed by atoms with van der Waals surface area (Å²) in [4.78, 5) is 24.6. The van der Waals surface area contributed by atoms with Crippen molar-refractivity contribution in [3.8, 4) is 0 Å². The van der Waals surface area contributed by atoms with E-state index in [1.54, 1.807) is 13.8 Å². The topological polar surface area (TPSA) is 76.1 Å². The Labute approximate surface area is 148 Å². The Morgan fingerprint density at radius 2 is 1.92 bits per heavy atom. The van der Waals surface area contributed by atoms with Crippen LogP contribution in [0.2, 0.25) is 0 Å². The molecule has 1 aromatic carbocycles. The average molecular weight is 375 g/mol. The van der Waals surface area contributed by atoms with Gasteiger partial charge in [-0.25, -0.2) is 4.79 Å². The first-order valence-corrected chi connectivity index (χ1v) is 7.87. The van der Waals surface area contributed by atoms with Gasteiger partial charge in [0, 0.05) is 5.92 Å². The molecular weight excluding hydrogens is 355 g/mol. The van der Waals surface area contributed by atoms with E-state index in [1.807, 2.05) is 0 Å². The molecule has 1 aromatic rings. The van der Waals surface area contributed by atoms with Crippen molar-refractivity contribution in [2.45, 2.75) is 44.1 Å². The summed E-state index contributed by atoms with van der Waals surface area (Å²) >= 11 is 0. The second kappa shape index (κ2) is 7.14. The lowest BCUT2D eigenvalue weighted by atomic mass is 9.87. The van der Waals surface area contributed by atoms with Crippen LogP contribution in [0.5, 0.6) is 0 Å². The van der Waals surface area contributed by atoms with Crippen LogP contribution in [0.1, 0.15) is 37.3 Å². The minimum atomic E-state index is -4.48. The second-order valence-electron chi connectivity index (χ2n) is 6.48. The molecule has 0 aliphatic carbocycles. The number of ether oxygens (including phenoxy) is 2. The monoisotopic (exact) mass is 375 g/mol. The third kappa shape index (κ3) is 4.09. The number of amides is 1. The number of halogens is 3. The molecule has 0 spiro atoms. The lowest BCUT2D eigenvalue weighted by Crippen LogP contribution is -2.49. The Bertz CT molecular complexity index is 672. The van der Waals surface area contributed by atoms with Crippen molar-refractivity contribution in [1.82, 2.24) is 4.90 Å². The van der Waals surface area contributed by atoms with Crippen LogP contribution in [0.3, 0.4) is 0 Å². The van der Waals surface area contributed by atoms with Crippen molar-refractivity contribution in [2.75, 3.05) is 13.7 Å². The highest BCUT2D eigenvalue weighted by molar-refractivity contribution is 5.71. The van der Waals surface area contributed by atoms with Gasteiger partial charge in [0.2, 0.25) is 0 Å². The zero-order chi connectivity index (χ0) is 19.7. The summed E-state index contributed by atoms with van der Waals surface area (Å²) in [5.74, 6) is -1.30. The summed E-state index contributed by atoms with van der Waals surface area (Å²) in [6.07, 6.45) is -5.91. The molecule has 1 heterocycles. The van der Waals surface area contributed by atoms with Crippen molar-refractivity contribution in [2.24, 2.45) is 0 Å². The highest BCUT2D eigenvalue weighted by Crippen LogP contribution is 2.38. The Morgan fingerprint density at radius 3 is 2.38 bits per heavy atom. The standard InChI is InChI=1S/C17H20F3NO5/c1-16(2)21(15(23)24)13(9-26-16)12(8-14(22)25-3)10-4-6-11(7-5-10)17(18,19)20/h4-7,12-13H,8-9H2,1-3H3,(H,23,24)/t12-,13+/m0/s1. The zero-order valence-electron chi connectivity index (χ0n) is 14.5. The molecule has 1 aliphatic rings. The maximum absolute atomic E-state index is 12.8. The molecule has 0 bridgehead atoms. The fourth-order valence-corrected chi connectivity index (χ4v) is 3.16. The number of carbonyl (C=O) groups excluding carboxylic acids is 1. The summed E-state index contributed by atoms with van der Waals surface area (Å²) < 4.78 is 48.5. The van der Waals surface area contributed by atoms with Crippen LogP contribution < -0.4 is 0 Å². The van der Waals surface area contributed by atoms with Gasteiger partial charge in [-0.3, -0.25) is 9.69 Å². The van der Waals surface area contributed by atoms with E-state index in [-0.39, 0.29) is 13.0 Å². The Kier molecular flexibility index (Phi) is 5.50. The summed E-state index contributed by atoms with van der Waals surface area (Å²) in [7, 11) is 1.19. The third-order valence-electron chi connectivity index (χ3n) is 4.47. The quantitative estimate of drug-likeness (QED) is 0.816. The molecule has 26 heavy (non-hydrogen) atoms. The minimum absolute atomic E-state index is 0.0159. The zero-order valence-corrected chi connectivity index (χ0v) is 14.5. The minimum Gasteiger partial charge on any atom is -0.469 e. The van der Waals surface area contributed by atoms with Gasteiger partial charge in [0.25, 0.3) is 0 Å². The second-order valence-corrected chi connectivity index (χ2v) is 6.48. The van der Waals surface area contributed by atoms with E-state index in [9.17, 15) is 27.9 Å². The highest BCUT2D eigenvalue weighted by Gasteiger charge is 2.48. The summed E-state index contributed by atoms with van der Waals surface area (Å²) in [5, 5.41) is 9.54. The predicted octanol–water partition coefficient (Wildman–Crippen LogP) is 3.47. The number of hydrogen-bond acceptors (Lipinski definition) is 4. The molecule has 1 aliphatic heterocycles. The van der Waals surface area contributed by atoms with Gasteiger partial charge in [0.05, 0.1) is 31.7 Å². The van der Waals surface area contributed by atoms with E-state index in [1.165, 1.54) is 19.2 Å². The largest absolute Gasteiger partial charge is 0.469 e. The lowest BCUT2D eigenvalue weighted by molar-refractivity contribution is -0.141. The summed E-state index contributed by atoms with van der Waals surface area (Å²) in [6.45, 7) is 3.16. The molecule has 1 amide bonds. The Hall–Kier alpha value is -2.29. The van der Waals surface area contributed by atoms with Crippen molar-refractivity contribution in [3.63, 3.8) is 0 Å². The van der Waals surface area contributed by atoms with Gasteiger partial charge in [0.1, 0.15) is 5.72 Å². The average Bonchev–Trinajstić information content (AvgIpc) is 2.86. The Morgan fingerprint density at radius 1 is 1.35 bits per heavy atom. The molecule has 0 radical (unpaired) electrons. The molecule has 9 heteroatoms. The number of esters is 1. The summed E-state index contributed by atoms with van der Waals surface area (Å²) in [6, 6.07) is 3.58.